The van der Waals surface area contributed by atoms with E-state index in [1.165, 1.54) is 0 Å². The van der Waals surface area contributed by atoms with Crippen LogP contribution in [0.4, 0.5) is 0 Å². The highest BCUT2D eigenvalue weighted by Gasteiger charge is 2.65. The molecule has 0 aromatic rings. The Kier molecular flexibility index (Phi) is 4.74. The van der Waals surface area contributed by atoms with Gasteiger partial charge in [-0.05, 0) is 25.7 Å². The van der Waals surface area contributed by atoms with Gasteiger partial charge in [-0.1, -0.05) is 0 Å². The quantitative estimate of drug-likeness (QED) is 0.420. The molecule has 3 rings (SSSR count). The summed E-state index contributed by atoms with van der Waals surface area (Å²) in [6.07, 6.45) is -1.67. The molecule has 3 N–H and O–H groups in total. The maximum Gasteiger partial charge on any atom is 0.311 e. The van der Waals surface area contributed by atoms with Gasteiger partial charge in [-0.15, -0.1) is 0 Å². The standard InChI is InChI=1S/C16H22O9/c17-12(18)1-2-15(13(19)20,3-9-6-23-9)16(14(21)22,4-10-7-24-10)5-11-8-25-11/h9-11H,1-8H2,(H,17,18)(H,19,20)(H,21,22). The van der Waals surface area contributed by atoms with Crippen LogP contribution in [0.25, 0.3) is 0 Å². The van der Waals surface area contributed by atoms with Crippen molar-refractivity contribution in [3.8, 4) is 0 Å². The van der Waals surface area contributed by atoms with Crippen LogP contribution in [0, 0.1) is 10.8 Å². The summed E-state index contributed by atoms with van der Waals surface area (Å²) < 4.78 is 15.6. The monoisotopic (exact) mass is 358 g/mol. The van der Waals surface area contributed by atoms with Crippen LogP contribution in [0.1, 0.15) is 32.1 Å². The Morgan fingerprint density at radius 1 is 0.760 bits per heavy atom. The van der Waals surface area contributed by atoms with E-state index in [9.17, 15) is 24.6 Å². The first-order valence-corrected chi connectivity index (χ1v) is 8.32. The molecule has 0 aliphatic carbocycles. The number of rotatable bonds is 12. The number of ether oxygens (including phenoxy) is 3. The molecule has 3 aliphatic heterocycles. The lowest BCUT2D eigenvalue weighted by Crippen LogP contribution is -2.55. The summed E-state index contributed by atoms with van der Waals surface area (Å²) in [5.41, 5.74) is -3.42. The molecule has 3 fully saturated rings. The van der Waals surface area contributed by atoms with Crippen molar-refractivity contribution < 1.29 is 43.9 Å². The Hall–Kier alpha value is -1.71. The van der Waals surface area contributed by atoms with Crippen molar-refractivity contribution in [1.82, 2.24) is 0 Å². The van der Waals surface area contributed by atoms with Crippen LogP contribution in [-0.4, -0.2) is 71.4 Å². The third-order valence-electron chi connectivity index (χ3n) is 5.44. The SMILES string of the molecule is O=C(O)CCC(CC1CO1)(C(=O)O)C(CC1CO1)(CC1CO1)C(=O)O. The zero-order valence-corrected chi connectivity index (χ0v) is 13.7. The van der Waals surface area contributed by atoms with Gasteiger partial charge in [-0.25, -0.2) is 0 Å². The predicted molar refractivity (Wildman–Crippen MR) is 80.1 cm³/mol. The Morgan fingerprint density at radius 2 is 1.12 bits per heavy atom. The fourth-order valence-electron chi connectivity index (χ4n) is 3.83. The van der Waals surface area contributed by atoms with E-state index in [0.717, 1.165) is 0 Å². The highest BCUT2D eigenvalue weighted by Crippen LogP contribution is 2.56. The molecular weight excluding hydrogens is 336 g/mol. The van der Waals surface area contributed by atoms with Gasteiger partial charge in [0.15, 0.2) is 0 Å². The van der Waals surface area contributed by atoms with Crippen LogP contribution >= 0.6 is 0 Å². The Labute approximate surface area is 143 Å². The van der Waals surface area contributed by atoms with Crippen LogP contribution in [0.5, 0.6) is 0 Å². The second-order valence-electron chi connectivity index (χ2n) is 7.15. The summed E-state index contributed by atoms with van der Waals surface area (Å²) in [5.74, 6) is -3.70. The molecule has 0 saturated carbocycles. The Morgan fingerprint density at radius 3 is 1.40 bits per heavy atom. The third kappa shape index (κ3) is 3.78. The molecule has 0 amide bonds. The molecule has 0 bridgehead atoms. The zero-order chi connectivity index (χ0) is 18.2. The molecule has 0 aromatic carbocycles. The van der Waals surface area contributed by atoms with Gasteiger partial charge in [0, 0.05) is 6.42 Å². The number of hydrogen-bond donors (Lipinski definition) is 3. The molecule has 4 unspecified atom stereocenters. The fourth-order valence-corrected chi connectivity index (χ4v) is 3.83. The van der Waals surface area contributed by atoms with E-state index in [4.69, 9.17) is 19.3 Å². The first kappa shape index (κ1) is 18.1. The number of aliphatic carboxylic acids is 3. The minimum absolute atomic E-state index is 0.0264. The number of carbonyl (C=O) groups is 3. The van der Waals surface area contributed by atoms with Crippen molar-refractivity contribution in [1.29, 1.82) is 0 Å². The van der Waals surface area contributed by atoms with Crippen LogP contribution in [0.2, 0.25) is 0 Å². The summed E-state index contributed by atoms with van der Waals surface area (Å²) in [6.45, 7) is 1.13. The molecule has 0 radical (unpaired) electrons. The van der Waals surface area contributed by atoms with E-state index < -0.39 is 35.2 Å². The molecule has 25 heavy (non-hydrogen) atoms. The molecular formula is C16H22O9. The Balaban J connectivity index is 2.02. The molecule has 0 aromatic heterocycles. The summed E-state index contributed by atoms with van der Waals surface area (Å²) in [7, 11) is 0. The van der Waals surface area contributed by atoms with Crippen molar-refractivity contribution in [2.45, 2.75) is 50.4 Å². The lowest BCUT2D eigenvalue weighted by molar-refractivity contribution is -0.180. The van der Waals surface area contributed by atoms with E-state index in [2.05, 4.69) is 0 Å². The maximum atomic E-state index is 12.4. The minimum Gasteiger partial charge on any atom is -0.481 e. The van der Waals surface area contributed by atoms with Crippen molar-refractivity contribution in [2.24, 2.45) is 10.8 Å². The van der Waals surface area contributed by atoms with E-state index in [1.807, 2.05) is 0 Å². The predicted octanol–water partition coefficient (Wildman–Crippen LogP) is 0.360. The van der Waals surface area contributed by atoms with Gasteiger partial charge in [0.05, 0.1) is 49.0 Å². The topological polar surface area (TPSA) is 149 Å². The molecule has 3 aliphatic rings. The second-order valence-corrected chi connectivity index (χ2v) is 7.15. The first-order valence-electron chi connectivity index (χ1n) is 8.32. The first-order chi connectivity index (χ1) is 11.8. The smallest absolute Gasteiger partial charge is 0.311 e. The van der Waals surface area contributed by atoms with Crippen molar-refractivity contribution in [3.63, 3.8) is 0 Å². The molecule has 3 saturated heterocycles. The van der Waals surface area contributed by atoms with Gasteiger partial charge in [0.2, 0.25) is 0 Å². The van der Waals surface area contributed by atoms with E-state index in [-0.39, 0.29) is 44.0 Å². The summed E-state index contributed by atoms with van der Waals surface area (Å²) >= 11 is 0. The summed E-state index contributed by atoms with van der Waals surface area (Å²) in [4.78, 5) is 35.9. The second kappa shape index (κ2) is 6.54. The Bertz CT molecular complexity index is 548. The highest BCUT2D eigenvalue weighted by molar-refractivity contribution is 5.87. The van der Waals surface area contributed by atoms with E-state index in [0.29, 0.717) is 19.8 Å². The summed E-state index contributed by atoms with van der Waals surface area (Å²) in [5, 5.41) is 29.2. The van der Waals surface area contributed by atoms with Gasteiger partial charge in [-0.3, -0.25) is 14.4 Å². The van der Waals surface area contributed by atoms with Crippen LogP contribution in [0.15, 0.2) is 0 Å². The number of carboxylic acid groups (broad SMARTS) is 3. The molecule has 3 heterocycles. The lowest BCUT2D eigenvalue weighted by Gasteiger charge is -2.45. The molecule has 140 valence electrons. The third-order valence-corrected chi connectivity index (χ3v) is 5.44. The molecule has 9 nitrogen and oxygen atoms in total. The van der Waals surface area contributed by atoms with Gasteiger partial charge in [-0.2, -0.15) is 0 Å². The zero-order valence-electron chi connectivity index (χ0n) is 13.7. The van der Waals surface area contributed by atoms with Crippen molar-refractivity contribution >= 4 is 17.9 Å². The molecule has 4 atom stereocenters. The van der Waals surface area contributed by atoms with Gasteiger partial charge in [0.25, 0.3) is 0 Å². The van der Waals surface area contributed by atoms with E-state index in [1.54, 1.807) is 0 Å². The number of epoxide rings is 3. The van der Waals surface area contributed by atoms with Crippen molar-refractivity contribution in [2.75, 3.05) is 19.8 Å². The van der Waals surface area contributed by atoms with Gasteiger partial charge >= 0.3 is 17.9 Å². The molecule has 9 heteroatoms. The van der Waals surface area contributed by atoms with Crippen LogP contribution < -0.4 is 0 Å². The number of carboxylic acids is 3. The minimum atomic E-state index is -1.75. The maximum absolute atomic E-state index is 12.4. The lowest BCUT2D eigenvalue weighted by atomic mass is 9.55. The molecule has 0 spiro atoms. The number of hydrogen-bond acceptors (Lipinski definition) is 6. The fraction of sp³-hybridized carbons (Fsp3) is 0.812. The highest BCUT2D eigenvalue weighted by atomic mass is 16.6. The average molecular weight is 358 g/mol. The van der Waals surface area contributed by atoms with Crippen LogP contribution in [-0.2, 0) is 28.6 Å². The van der Waals surface area contributed by atoms with E-state index >= 15 is 0 Å². The summed E-state index contributed by atoms with van der Waals surface area (Å²) in [6, 6.07) is 0. The van der Waals surface area contributed by atoms with Gasteiger partial charge < -0.3 is 29.5 Å². The van der Waals surface area contributed by atoms with Crippen molar-refractivity contribution in [3.05, 3.63) is 0 Å². The largest absolute Gasteiger partial charge is 0.481 e. The average Bonchev–Trinajstić information content (AvgIpc) is 3.35. The normalized spacial score (nSPS) is 31.4. The van der Waals surface area contributed by atoms with Gasteiger partial charge in [0.1, 0.15) is 0 Å². The van der Waals surface area contributed by atoms with Crippen LogP contribution in [0.3, 0.4) is 0 Å².